The Labute approximate surface area is 108 Å². The van der Waals surface area contributed by atoms with Crippen molar-refractivity contribution >= 4 is 29.4 Å². The lowest BCUT2D eigenvalue weighted by atomic mass is 10.1. The zero-order valence-corrected chi connectivity index (χ0v) is 10.3. The van der Waals surface area contributed by atoms with Crippen molar-refractivity contribution in [3.05, 3.63) is 0 Å². The summed E-state index contributed by atoms with van der Waals surface area (Å²) in [6.07, 6.45) is -0.267. The number of nitrogens with zero attached hydrogens (tertiary/aromatic N) is 2. The number of hydrazone groups is 1. The molecule has 1 rings (SSSR count). The van der Waals surface area contributed by atoms with E-state index in [-0.39, 0.29) is 24.5 Å². The molecule has 3 amide bonds. The number of hydrogen-bond acceptors (Lipinski definition) is 5. The van der Waals surface area contributed by atoms with Crippen LogP contribution in [-0.2, 0) is 19.2 Å². The third-order valence-electron chi connectivity index (χ3n) is 2.48. The Morgan fingerprint density at radius 3 is 2.58 bits per heavy atom. The minimum Gasteiger partial charge on any atom is -0.480 e. The highest BCUT2D eigenvalue weighted by atomic mass is 16.4. The molecule has 9 heteroatoms. The number of hydrogen-bond donors (Lipinski definition) is 3. The summed E-state index contributed by atoms with van der Waals surface area (Å²) in [5, 5.41) is 15.7. The van der Waals surface area contributed by atoms with E-state index in [1.165, 1.54) is 7.05 Å². The third kappa shape index (κ3) is 4.05. The highest BCUT2D eigenvalue weighted by Crippen LogP contribution is 2.07. The number of carbonyl (C=O) groups excluding carboxylic acids is 3. The van der Waals surface area contributed by atoms with Gasteiger partial charge in [-0.3, -0.25) is 14.4 Å². The van der Waals surface area contributed by atoms with E-state index in [4.69, 9.17) is 10.8 Å². The molecule has 0 unspecified atom stereocenters. The number of nitrogens with two attached hydrogens (primary N) is 1. The fourth-order valence-corrected chi connectivity index (χ4v) is 1.48. The van der Waals surface area contributed by atoms with Crippen LogP contribution in [0.5, 0.6) is 0 Å². The molecule has 0 aromatic rings. The maximum absolute atomic E-state index is 11.8. The summed E-state index contributed by atoms with van der Waals surface area (Å²) in [6, 6.07) is -1.41. The monoisotopic (exact) mass is 270 g/mol. The van der Waals surface area contributed by atoms with Gasteiger partial charge < -0.3 is 16.2 Å². The summed E-state index contributed by atoms with van der Waals surface area (Å²) >= 11 is 0. The predicted octanol–water partition coefficient (Wildman–Crippen LogP) is -1.96. The SMILES string of the molecule is CN1N=C(C(=O)N[C@@H](CC(N)=O)C(=O)O)CCC1=O. The maximum atomic E-state index is 11.8. The van der Waals surface area contributed by atoms with Crippen LogP contribution in [0.4, 0.5) is 0 Å². The van der Waals surface area contributed by atoms with Gasteiger partial charge in [-0.05, 0) is 0 Å². The number of aliphatic carboxylic acids is 1. The van der Waals surface area contributed by atoms with E-state index in [2.05, 4.69) is 10.4 Å². The van der Waals surface area contributed by atoms with Crippen LogP contribution >= 0.6 is 0 Å². The first-order chi connectivity index (χ1) is 8.81. The first-order valence-electron chi connectivity index (χ1n) is 5.47. The number of carboxylic acid groups (broad SMARTS) is 1. The number of rotatable bonds is 5. The van der Waals surface area contributed by atoms with Gasteiger partial charge in [0.1, 0.15) is 11.8 Å². The molecular formula is C10H14N4O5. The van der Waals surface area contributed by atoms with Crippen LogP contribution in [0.15, 0.2) is 5.10 Å². The highest BCUT2D eigenvalue weighted by Gasteiger charge is 2.27. The molecule has 4 N–H and O–H groups in total. The lowest BCUT2D eigenvalue weighted by Gasteiger charge is -2.20. The number of carbonyl (C=O) groups is 4. The zero-order valence-electron chi connectivity index (χ0n) is 10.3. The summed E-state index contributed by atoms with van der Waals surface area (Å²) in [6.45, 7) is 0. The molecule has 0 fully saturated rings. The minimum atomic E-state index is -1.41. The second-order valence-corrected chi connectivity index (χ2v) is 4.00. The van der Waals surface area contributed by atoms with Crippen LogP contribution in [-0.4, -0.2) is 52.6 Å². The number of amides is 3. The second kappa shape index (κ2) is 5.94. The van der Waals surface area contributed by atoms with Gasteiger partial charge in [0.2, 0.25) is 11.8 Å². The fraction of sp³-hybridized carbons (Fsp3) is 0.500. The molecule has 0 saturated carbocycles. The Morgan fingerprint density at radius 2 is 2.11 bits per heavy atom. The first-order valence-corrected chi connectivity index (χ1v) is 5.47. The molecule has 1 atom stereocenters. The second-order valence-electron chi connectivity index (χ2n) is 4.00. The molecule has 0 bridgehead atoms. The molecule has 1 aliphatic heterocycles. The van der Waals surface area contributed by atoms with Crippen LogP contribution in [0.2, 0.25) is 0 Å². The molecule has 1 aliphatic rings. The summed E-state index contributed by atoms with van der Waals surface area (Å²) in [7, 11) is 1.40. The van der Waals surface area contributed by atoms with Crippen LogP contribution < -0.4 is 11.1 Å². The quantitative estimate of drug-likeness (QED) is 0.531. The maximum Gasteiger partial charge on any atom is 0.326 e. The van der Waals surface area contributed by atoms with E-state index in [9.17, 15) is 19.2 Å². The Hall–Kier alpha value is -2.45. The average molecular weight is 270 g/mol. The van der Waals surface area contributed by atoms with E-state index in [0.717, 1.165) is 5.01 Å². The van der Waals surface area contributed by atoms with Crippen molar-refractivity contribution < 1.29 is 24.3 Å². The summed E-state index contributed by atoms with van der Waals surface area (Å²) in [5.74, 6) is -3.17. The lowest BCUT2D eigenvalue weighted by molar-refractivity contribution is -0.142. The number of carboxylic acids is 1. The minimum absolute atomic E-state index is 0.0396. The Balaban J connectivity index is 2.72. The Morgan fingerprint density at radius 1 is 1.47 bits per heavy atom. The van der Waals surface area contributed by atoms with Gasteiger partial charge in [0, 0.05) is 19.9 Å². The predicted molar refractivity (Wildman–Crippen MR) is 62.8 cm³/mol. The van der Waals surface area contributed by atoms with E-state index >= 15 is 0 Å². The molecule has 1 heterocycles. The summed E-state index contributed by atoms with van der Waals surface area (Å²) in [4.78, 5) is 44.5. The van der Waals surface area contributed by atoms with E-state index in [0.29, 0.717) is 0 Å². The van der Waals surface area contributed by atoms with E-state index < -0.39 is 30.2 Å². The Bertz CT molecular complexity index is 459. The average Bonchev–Trinajstić information content (AvgIpc) is 2.31. The normalized spacial score (nSPS) is 16.6. The van der Waals surface area contributed by atoms with Crippen LogP contribution in [0.3, 0.4) is 0 Å². The van der Waals surface area contributed by atoms with Crippen molar-refractivity contribution in [2.75, 3.05) is 7.05 Å². The standard InChI is InChI=1S/C10H14N4O5/c1-14-8(16)3-2-5(13-14)9(17)12-6(10(18)19)4-7(11)15/h6H,2-4H2,1H3,(H2,11,15)(H,12,17)(H,18,19)/t6-/m0/s1. The summed E-state index contributed by atoms with van der Waals surface area (Å²) in [5.41, 5.74) is 4.93. The van der Waals surface area contributed by atoms with Gasteiger partial charge in [-0.15, -0.1) is 0 Å². The smallest absolute Gasteiger partial charge is 0.326 e. The van der Waals surface area contributed by atoms with Crippen LogP contribution in [0.25, 0.3) is 0 Å². The van der Waals surface area contributed by atoms with E-state index in [1.807, 2.05) is 0 Å². The van der Waals surface area contributed by atoms with Crippen LogP contribution in [0, 0.1) is 0 Å². The number of primary amides is 1. The van der Waals surface area contributed by atoms with Gasteiger partial charge in [0.05, 0.1) is 6.42 Å². The summed E-state index contributed by atoms with van der Waals surface area (Å²) < 4.78 is 0. The molecule has 19 heavy (non-hydrogen) atoms. The molecule has 0 radical (unpaired) electrons. The van der Waals surface area contributed by atoms with Crippen molar-refractivity contribution in [2.24, 2.45) is 10.8 Å². The lowest BCUT2D eigenvalue weighted by Crippen LogP contribution is -2.47. The Kier molecular flexibility index (Phi) is 4.56. The van der Waals surface area contributed by atoms with Gasteiger partial charge in [0.15, 0.2) is 0 Å². The van der Waals surface area contributed by atoms with Crippen molar-refractivity contribution in [3.8, 4) is 0 Å². The zero-order chi connectivity index (χ0) is 14.6. The topological polar surface area (TPSA) is 142 Å². The van der Waals surface area contributed by atoms with E-state index in [1.54, 1.807) is 0 Å². The highest BCUT2D eigenvalue weighted by molar-refractivity contribution is 6.39. The third-order valence-corrected chi connectivity index (χ3v) is 2.48. The molecule has 0 spiro atoms. The molecule has 0 aromatic carbocycles. The van der Waals surface area contributed by atoms with Gasteiger partial charge in [-0.25, -0.2) is 9.80 Å². The first kappa shape index (κ1) is 14.6. The van der Waals surface area contributed by atoms with Crippen molar-refractivity contribution in [3.63, 3.8) is 0 Å². The van der Waals surface area contributed by atoms with Crippen LogP contribution in [0.1, 0.15) is 19.3 Å². The molecule has 0 saturated heterocycles. The largest absolute Gasteiger partial charge is 0.480 e. The van der Waals surface area contributed by atoms with Crippen molar-refractivity contribution in [1.29, 1.82) is 0 Å². The molecule has 104 valence electrons. The number of nitrogens with one attached hydrogen (secondary N) is 1. The van der Waals surface area contributed by atoms with Crippen molar-refractivity contribution in [1.82, 2.24) is 10.3 Å². The van der Waals surface area contributed by atoms with Gasteiger partial charge in [-0.2, -0.15) is 5.10 Å². The van der Waals surface area contributed by atoms with Gasteiger partial charge in [0.25, 0.3) is 5.91 Å². The van der Waals surface area contributed by atoms with Crippen molar-refractivity contribution in [2.45, 2.75) is 25.3 Å². The molecule has 9 nitrogen and oxygen atoms in total. The molecular weight excluding hydrogens is 256 g/mol. The fourth-order valence-electron chi connectivity index (χ4n) is 1.48. The molecule has 0 aromatic heterocycles. The molecule has 0 aliphatic carbocycles. The van der Waals surface area contributed by atoms with Gasteiger partial charge >= 0.3 is 5.97 Å². The van der Waals surface area contributed by atoms with Gasteiger partial charge in [-0.1, -0.05) is 0 Å².